The van der Waals surface area contributed by atoms with Gasteiger partial charge < -0.3 is 5.73 Å². The van der Waals surface area contributed by atoms with E-state index < -0.39 is 0 Å². The molecule has 0 unspecified atom stereocenters. The fourth-order valence-corrected chi connectivity index (χ4v) is 2.06. The molecule has 5 nitrogen and oxygen atoms in total. The fourth-order valence-electron chi connectivity index (χ4n) is 2.06. The van der Waals surface area contributed by atoms with Gasteiger partial charge in [0.25, 0.3) is 0 Å². The molecule has 0 saturated carbocycles. The van der Waals surface area contributed by atoms with Gasteiger partial charge in [-0.3, -0.25) is 0 Å². The Morgan fingerprint density at radius 3 is 2.71 bits per heavy atom. The van der Waals surface area contributed by atoms with Crippen molar-refractivity contribution in [2.75, 3.05) is 5.73 Å². The van der Waals surface area contributed by atoms with E-state index in [0.29, 0.717) is 11.4 Å². The first-order valence-corrected chi connectivity index (χ1v) is 6.81. The van der Waals surface area contributed by atoms with E-state index in [9.17, 15) is 0 Å². The van der Waals surface area contributed by atoms with Crippen molar-refractivity contribution in [1.82, 2.24) is 14.6 Å². The number of hydrogen-bond acceptors (Lipinski definition) is 4. The molecule has 3 aromatic rings. The maximum Gasteiger partial charge on any atom is 0.160 e. The number of nitrogens with zero attached hydrogens (tertiary/aromatic N) is 4. The van der Waals surface area contributed by atoms with E-state index >= 15 is 0 Å². The highest BCUT2D eigenvalue weighted by atomic mass is 15.3. The molecule has 0 aliphatic carbocycles. The van der Waals surface area contributed by atoms with Crippen molar-refractivity contribution in [3.8, 4) is 17.3 Å². The summed E-state index contributed by atoms with van der Waals surface area (Å²) in [5.41, 5.74) is 9.70. The first-order valence-electron chi connectivity index (χ1n) is 6.81. The van der Waals surface area contributed by atoms with Crippen molar-refractivity contribution in [1.29, 1.82) is 5.26 Å². The maximum atomic E-state index is 8.95. The largest absolute Gasteiger partial charge is 0.384 e. The minimum absolute atomic E-state index is 0.466. The minimum atomic E-state index is 0.466. The van der Waals surface area contributed by atoms with Crippen LogP contribution in [-0.4, -0.2) is 14.6 Å². The molecule has 0 amide bonds. The number of aryl methyl sites for hydroxylation is 1. The van der Waals surface area contributed by atoms with E-state index in [0.717, 1.165) is 22.5 Å². The lowest BCUT2D eigenvalue weighted by Crippen LogP contribution is -1.94. The van der Waals surface area contributed by atoms with E-state index in [1.54, 1.807) is 22.8 Å². The Balaban J connectivity index is 0.000000774. The Morgan fingerprint density at radius 2 is 2.00 bits per heavy atom. The Kier molecular flexibility index (Phi) is 4.19. The summed E-state index contributed by atoms with van der Waals surface area (Å²) in [7, 11) is 0. The van der Waals surface area contributed by atoms with E-state index in [1.807, 2.05) is 39.0 Å². The quantitative estimate of drug-likeness (QED) is 0.741. The van der Waals surface area contributed by atoms with Crippen LogP contribution in [0, 0.1) is 18.3 Å². The summed E-state index contributed by atoms with van der Waals surface area (Å²) < 4.78 is 1.69. The number of fused-ring (bicyclic) bond motifs is 1. The second kappa shape index (κ2) is 6.06. The zero-order valence-electron chi connectivity index (χ0n) is 12.3. The van der Waals surface area contributed by atoms with Gasteiger partial charge in [0, 0.05) is 17.3 Å². The minimum Gasteiger partial charge on any atom is -0.384 e. The molecule has 2 aromatic heterocycles. The molecule has 0 saturated heterocycles. The lowest BCUT2D eigenvalue weighted by molar-refractivity contribution is 0.945. The predicted octanol–water partition coefficient (Wildman–Crippen LogP) is 3.18. The molecule has 106 valence electrons. The fraction of sp³-hybridized carbons (Fsp3) is 0.188. The number of aromatic nitrogens is 3. The molecule has 0 spiro atoms. The maximum absolute atomic E-state index is 8.95. The van der Waals surface area contributed by atoms with Gasteiger partial charge >= 0.3 is 0 Å². The second-order valence-electron chi connectivity index (χ2n) is 4.29. The molecule has 0 aliphatic heterocycles. The van der Waals surface area contributed by atoms with Crippen LogP contribution in [-0.2, 0) is 0 Å². The molecule has 0 fully saturated rings. The van der Waals surface area contributed by atoms with Crippen molar-refractivity contribution in [2.45, 2.75) is 20.8 Å². The van der Waals surface area contributed by atoms with Crippen molar-refractivity contribution in [3.63, 3.8) is 0 Å². The lowest BCUT2D eigenvalue weighted by atomic mass is 10.1. The Morgan fingerprint density at radius 1 is 1.24 bits per heavy atom. The molecule has 2 N–H and O–H groups in total. The van der Waals surface area contributed by atoms with Gasteiger partial charge in [-0.15, -0.1) is 0 Å². The highest BCUT2D eigenvalue weighted by Crippen LogP contribution is 2.25. The number of nitriles is 1. The van der Waals surface area contributed by atoms with Crippen LogP contribution in [0.3, 0.4) is 0 Å². The zero-order chi connectivity index (χ0) is 15.4. The Bertz CT molecular complexity index is 811. The summed E-state index contributed by atoms with van der Waals surface area (Å²) in [6.45, 7) is 5.95. The van der Waals surface area contributed by atoms with E-state index in [1.165, 1.54) is 0 Å². The number of benzene rings is 1. The van der Waals surface area contributed by atoms with Gasteiger partial charge in [0.05, 0.1) is 17.3 Å². The molecular formula is C16H17N5. The molecule has 2 heterocycles. The molecule has 1 aromatic carbocycles. The van der Waals surface area contributed by atoms with Crippen LogP contribution in [0.2, 0.25) is 0 Å². The highest BCUT2D eigenvalue weighted by molar-refractivity contribution is 5.71. The zero-order valence-corrected chi connectivity index (χ0v) is 12.3. The van der Waals surface area contributed by atoms with Gasteiger partial charge in [-0.1, -0.05) is 26.0 Å². The average molecular weight is 279 g/mol. The summed E-state index contributed by atoms with van der Waals surface area (Å²) in [5, 5.41) is 13.4. The van der Waals surface area contributed by atoms with Gasteiger partial charge in [0.1, 0.15) is 5.82 Å². The SMILES string of the molecule is CC.Cc1c(-c2cccc(C#N)c2)nn2ccc(N)nc12. The molecule has 0 aliphatic rings. The van der Waals surface area contributed by atoms with Crippen LogP contribution in [0.1, 0.15) is 25.0 Å². The third kappa shape index (κ3) is 2.70. The first kappa shape index (κ1) is 14.5. The average Bonchev–Trinajstić information content (AvgIpc) is 2.86. The smallest absolute Gasteiger partial charge is 0.160 e. The first-order chi connectivity index (χ1) is 10.2. The highest BCUT2D eigenvalue weighted by Gasteiger charge is 2.12. The summed E-state index contributed by atoms with van der Waals surface area (Å²) in [5.74, 6) is 0.466. The molecule has 21 heavy (non-hydrogen) atoms. The summed E-state index contributed by atoms with van der Waals surface area (Å²) >= 11 is 0. The summed E-state index contributed by atoms with van der Waals surface area (Å²) in [6.07, 6.45) is 1.78. The van der Waals surface area contributed by atoms with E-state index in [-0.39, 0.29) is 0 Å². The summed E-state index contributed by atoms with van der Waals surface area (Å²) in [4.78, 5) is 4.28. The van der Waals surface area contributed by atoms with E-state index in [2.05, 4.69) is 16.2 Å². The topological polar surface area (TPSA) is 80.0 Å². The van der Waals surface area contributed by atoms with Crippen LogP contribution in [0.15, 0.2) is 36.5 Å². The normalized spacial score (nSPS) is 9.81. The van der Waals surface area contributed by atoms with Gasteiger partial charge in [-0.2, -0.15) is 10.4 Å². The van der Waals surface area contributed by atoms with Gasteiger partial charge in [-0.25, -0.2) is 9.50 Å². The van der Waals surface area contributed by atoms with Crippen LogP contribution in [0.25, 0.3) is 16.9 Å². The summed E-state index contributed by atoms with van der Waals surface area (Å²) in [6, 6.07) is 11.2. The lowest BCUT2D eigenvalue weighted by Gasteiger charge is -1.98. The standard InChI is InChI=1S/C14H11N5.C2H6/c1-9-13(11-4-2-3-10(7-11)8-15)18-19-6-5-12(16)17-14(9)19;1-2/h2-7H,1H3,(H2,16,17);1-2H3. The number of hydrogen-bond donors (Lipinski definition) is 1. The predicted molar refractivity (Wildman–Crippen MR) is 83.6 cm³/mol. The van der Waals surface area contributed by atoms with Crippen LogP contribution < -0.4 is 5.73 Å². The molecule has 0 radical (unpaired) electrons. The van der Waals surface area contributed by atoms with Crippen LogP contribution >= 0.6 is 0 Å². The van der Waals surface area contributed by atoms with Gasteiger partial charge in [0.2, 0.25) is 0 Å². The third-order valence-electron chi connectivity index (χ3n) is 3.00. The van der Waals surface area contributed by atoms with Gasteiger partial charge in [0.15, 0.2) is 5.65 Å². The van der Waals surface area contributed by atoms with Crippen molar-refractivity contribution in [2.24, 2.45) is 0 Å². The monoisotopic (exact) mass is 279 g/mol. The molecular weight excluding hydrogens is 262 g/mol. The number of nitrogen functional groups attached to an aromatic ring is 1. The Hall–Kier alpha value is -2.87. The number of rotatable bonds is 1. The number of anilines is 1. The second-order valence-corrected chi connectivity index (χ2v) is 4.29. The van der Waals surface area contributed by atoms with Gasteiger partial charge in [-0.05, 0) is 25.1 Å². The van der Waals surface area contributed by atoms with E-state index in [4.69, 9.17) is 11.0 Å². The Labute approximate surface area is 123 Å². The third-order valence-corrected chi connectivity index (χ3v) is 3.00. The molecule has 5 heteroatoms. The molecule has 3 rings (SSSR count). The molecule has 0 bridgehead atoms. The number of nitrogens with two attached hydrogens (primary N) is 1. The van der Waals surface area contributed by atoms with Crippen LogP contribution in [0.5, 0.6) is 0 Å². The van der Waals surface area contributed by atoms with Crippen molar-refractivity contribution < 1.29 is 0 Å². The van der Waals surface area contributed by atoms with Crippen molar-refractivity contribution in [3.05, 3.63) is 47.7 Å². The van der Waals surface area contributed by atoms with Crippen LogP contribution in [0.4, 0.5) is 5.82 Å². The molecule has 0 atom stereocenters. The van der Waals surface area contributed by atoms with Crippen molar-refractivity contribution >= 4 is 11.5 Å².